The molecule has 0 heterocycles. The van der Waals surface area contributed by atoms with Gasteiger partial charge in [0.25, 0.3) is 5.91 Å². The molecule has 29 heavy (non-hydrogen) atoms. The highest BCUT2D eigenvalue weighted by Crippen LogP contribution is 2.11. The van der Waals surface area contributed by atoms with Crippen LogP contribution >= 0.6 is 0 Å². The largest absolute Gasteiger partial charge is 0.484 e. The van der Waals surface area contributed by atoms with Gasteiger partial charge >= 0.3 is 11.8 Å². The Labute approximate surface area is 169 Å². The van der Waals surface area contributed by atoms with Crippen molar-refractivity contribution in [1.29, 1.82) is 0 Å². The van der Waals surface area contributed by atoms with Gasteiger partial charge in [-0.3, -0.25) is 14.4 Å². The van der Waals surface area contributed by atoms with Crippen LogP contribution < -0.4 is 20.8 Å². The Hall–Kier alpha value is -3.68. The normalized spacial score (nSPS) is 10.4. The Morgan fingerprint density at radius 3 is 2.38 bits per heavy atom. The van der Waals surface area contributed by atoms with Crippen molar-refractivity contribution < 1.29 is 19.1 Å². The maximum atomic E-state index is 11.9. The number of nitrogens with one attached hydrogen (secondary N) is 3. The summed E-state index contributed by atoms with van der Waals surface area (Å²) >= 11 is 0. The molecule has 2 aromatic carbocycles. The summed E-state index contributed by atoms with van der Waals surface area (Å²) in [7, 11) is 0. The third-order valence-corrected chi connectivity index (χ3v) is 3.70. The van der Waals surface area contributed by atoms with E-state index >= 15 is 0 Å². The molecule has 8 heteroatoms. The van der Waals surface area contributed by atoms with Crippen molar-refractivity contribution in [2.45, 2.75) is 19.9 Å². The van der Waals surface area contributed by atoms with Gasteiger partial charge in [0.2, 0.25) is 0 Å². The van der Waals surface area contributed by atoms with E-state index in [1.54, 1.807) is 24.3 Å². The minimum absolute atomic E-state index is 0.0940. The van der Waals surface area contributed by atoms with E-state index in [1.807, 2.05) is 37.3 Å². The molecule has 2 aromatic rings. The van der Waals surface area contributed by atoms with Gasteiger partial charge in [-0.2, -0.15) is 5.10 Å². The summed E-state index contributed by atoms with van der Waals surface area (Å²) in [6.45, 7) is 2.67. The number of hydrogen-bond donors (Lipinski definition) is 3. The van der Waals surface area contributed by atoms with Gasteiger partial charge in [-0.1, -0.05) is 37.3 Å². The maximum absolute atomic E-state index is 11.9. The molecule has 0 fully saturated rings. The molecule has 0 bridgehead atoms. The lowest BCUT2D eigenvalue weighted by molar-refractivity contribution is -0.139. The van der Waals surface area contributed by atoms with Crippen LogP contribution in [0, 0.1) is 0 Å². The third kappa shape index (κ3) is 8.25. The Balaban J connectivity index is 1.71. The van der Waals surface area contributed by atoms with Crippen molar-refractivity contribution >= 4 is 23.9 Å². The van der Waals surface area contributed by atoms with Crippen molar-refractivity contribution in [3.8, 4) is 5.75 Å². The van der Waals surface area contributed by atoms with Crippen molar-refractivity contribution in [3.05, 3.63) is 65.7 Å². The Kier molecular flexibility index (Phi) is 8.88. The number of carbonyl (C=O) groups is 3. The van der Waals surface area contributed by atoms with Crippen LogP contribution in [0.5, 0.6) is 5.75 Å². The first-order valence-electron chi connectivity index (χ1n) is 9.23. The molecule has 0 aliphatic carbocycles. The maximum Gasteiger partial charge on any atom is 0.329 e. The number of hydrogen-bond acceptors (Lipinski definition) is 5. The second-order valence-corrected chi connectivity index (χ2v) is 6.08. The van der Waals surface area contributed by atoms with E-state index in [9.17, 15) is 14.4 Å². The van der Waals surface area contributed by atoms with E-state index in [2.05, 4.69) is 21.2 Å². The molecule has 2 rings (SSSR count). The highest BCUT2D eigenvalue weighted by atomic mass is 16.5. The Morgan fingerprint density at radius 2 is 1.69 bits per heavy atom. The zero-order valence-electron chi connectivity index (χ0n) is 16.2. The van der Waals surface area contributed by atoms with Crippen molar-refractivity contribution in [3.63, 3.8) is 0 Å². The van der Waals surface area contributed by atoms with Crippen LogP contribution in [0.25, 0.3) is 0 Å². The molecule has 3 amide bonds. The first-order chi connectivity index (χ1) is 14.1. The van der Waals surface area contributed by atoms with Gasteiger partial charge in [-0.15, -0.1) is 0 Å². The topological polar surface area (TPSA) is 109 Å². The minimum atomic E-state index is -0.823. The van der Waals surface area contributed by atoms with Crippen LogP contribution in [0.3, 0.4) is 0 Å². The lowest BCUT2D eigenvalue weighted by atomic mass is 10.2. The smallest absolute Gasteiger partial charge is 0.329 e. The molecule has 0 unspecified atom stereocenters. The van der Waals surface area contributed by atoms with Crippen LogP contribution in [0.4, 0.5) is 0 Å². The summed E-state index contributed by atoms with van der Waals surface area (Å²) < 4.78 is 5.44. The molecule has 0 saturated carbocycles. The van der Waals surface area contributed by atoms with E-state index in [-0.39, 0.29) is 12.5 Å². The summed E-state index contributed by atoms with van der Waals surface area (Å²) in [6, 6.07) is 16.4. The highest BCUT2D eigenvalue weighted by Gasteiger charge is 2.10. The molecule has 0 atom stereocenters. The van der Waals surface area contributed by atoms with Gasteiger partial charge in [0.15, 0.2) is 6.61 Å². The number of nitrogens with zero attached hydrogens (tertiary/aromatic N) is 1. The Morgan fingerprint density at radius 1 is 0.966 bits per heavy atom. The summed E-state index contributed by atoms with van der Waals surface area (Å²) in [5.41, 5.74) is 3.86. The minimum Gasteiger partial charge on any atom is -0.484 e. The molecular formula is C21H24N4O4. The summed E-state index contributed by atoms with van der Waals surface area (Å²) in [5, 5.41) is 8.98. The number of ether oxygens (including phenoxy) is 1. The lowest BCUT2D eigenvalue weighted by Gasteiger charge is -2.08. The second-order valence-electron chi connectivity index (χ2n) is 6.08. The van der Waals surface area contributed by atoms with Gasteiger partial charge in [0.05, 0.1) is 6.21 Å². The summed E-state index contributed by atoms with van der Waals surface area (Å²) in [4.78, 5) is 34.7. The van der Waals surface area contributed by atoms with Crippen molar-refractivity contribution in [2.75, 3.05) is 13.2 Å². The van der Waals surface area contributed by atoms with Crippen LogP contribution in [0.1, 0.15) is 24.5 Å². The monoisotopic (exact) mass is 396 g/mol. The SMILES string of the molecule is CCCNC(=O)C(=O)N/N=C\c1ccc(OCC(=O)NCc2ccccc2)cc1. The fourth-order valence-corrected chi connectivity index (χ4v) is 2.18. The Bertz CT molecular complexity index is 836. The third-order valence-electron chi connectivity index (χ3n) is 3.70. The number of rotatable bonds is 9. The molecule has 0 aliphatic rings. The van der Waals surface area contributed by atoms with Crippen LogP contribution in [0.15, 0.2) is 59.7 Å². The van der Waals surface area contributed by atoms with Crippen molar-refractivity contribution in [1.82, 2.24) is 16.1 Å². The molecule has 0 aromatic heterocycles. The molecule has 0 saturated heterocycles. The van der Waals surface area contributed by atoms with Gasteiger partial charge in [0.1, 0.15) is 5.75 Å². The lowest BCUT2D eigenvalue weighted by Crippen LogP contribution is -2.38. The van der Waals surface area contributed by atoms with Crippen molar-refractivity contribution in [2.24, 2.45) is 5.10 Å². The first kappa shape index (κ1) is 21.6. The average Bonchev–Trinajstić information content (AvgIpc) is 2.76. The molecule has 0 aliphatic heterocycles. The fraction of sp³-hybridized carbons (Fsp3) is 0.238. The molecule has 3 N–H and O–H groups in total. The second kappa shape index (κ2) is 11.9. The predicted molar refractivity (Wildman–Crippen MR) is 109 cm³/mol. The van der Waals surface area contributed by atoms with Gasteiger partial charge in [0, 0.05) is 13.1 Å². The molecule has 0 radical (unpaired) electrons. The van der Waals surface area contributed by atoms with Gasteiger partial charge in [-0.25, -0.2) is 5.43 Å². The van der Waals surface area contributed by atoms with Crippen LogP contribution in [0.2, 0.25) is 0 Å². The van der Waals surface area contributed by atoms with Crippen LogP contribution in [-0.4, -0.2) is 37.1 Å². The molecule has 8 nitrogen and oxygen atoms in total. The van der Waals surface area contributed by atoms with Gasteiger partial charge in [-0.05, 0) is 41.8 Å². The zero-order chi connectivity index (χ0) is 20.9. The number of benzene rings is 2. The van der Waals surface area contributed by atoms with E-state index in [4.69, 9.17) is 4.74 Å². The molecule has 152 valence electrons. The van der Waals surface area contributed by atoms with Crippen LogP contribution in [-0.2, 0) is 20.9 Å². The molecule has 0 spiro atoms. The first-order valence-corrected chi connectivity index (χ1v) is 9.23. The summed E-state index contributed by atoms with van der Waals surface area (Å²) in [6.07, 6.45) is 2.15. The predicted octanol–water partition coefficient (Wildman–Crippen LogP) is 1.36. The quantitative estimate of drug-likeness (QED) is 0.338. The van der Waals surface area contributed by atoms with E-state index in [1.165, 1.54) is 6.21 Å². The number of amides is 3. The fourth-order valence-electron chi connectivity index (χ4n) is 2.18. The standard InChI is InChI=1S/C21H24N4O4/c1-2-12-22-20(27)21(28)25-24-14-17-8-10-18(11-9-17)29-15-19(26)23-13-16-6-4-3-5-7-16/h3-11,14H,2,12-13,15H2,1H3,(H,22,27)(H,23,26)(H,25,28)/b24-14-. The zero-order valence-corrected chi connectivity index (χ0v) is 16.2. The van der Waals surface area contributed by atoms with E-state index in [0.717, 1.165) is 12.0 Å². The number of hydrazone groups is 1. The number of carbonyl (C=O) groups excluding carboxylic acids is 3. The highest BCUT2D eigenvalue weighted by molar-refractivity contribution is 6.35. The summed E-state index contributed by atoms with van der Waals surface area (Å²) in [5.74, 6) is -1.24. The van der Waals surface area contributed by atoms with E-state index in [0.29, 0.717) is 24.4 Å². The van der Waals surface area contributed by atoms with E-state index < -0.39 is 11.8 Å². The van der Waals surface area contributed by atoms with Gasteiger partial charge < -0.3 is 15.4 Å². The molecular weight excluding hydrogens is 372 g/mol. The average molecular weight is 396 g/mol.